The predicted molar refractivity (Wildman–Crippen MR) is 174 cm³/mol. The van der Waals surface area contributed by atoms with Crippen LogP contribution in [0.1, 0.15) is 93.4 Å². The van der Waals surface area contributed by atoms with Crippen LogP contribution in [0.3, 0.4) is 0 Å². The molecule has 4 aliphatic heterocycles. The second-order valence-electron chi connectivity index (χ2n) is 13.6. The number of aryl methyl sites for hydroxylation is 1. The lowest BCUT2D eigenvalue weighted by molar-refractivity contribution is -0.0976. The minimum atomic E-state index is -3.51. The molecule has 0 aliphatic carbocycles. The molecule has 1 aromatic carbocycles. The number of piperidine rings is 1. The number of pyridine rings is 1. The highest BCUT2D eigenvalue weighted by atomic mass is 32.2. The lowest BCUT2D eigenvalue weighted by Crippen LogP contribution is -2.47. The summed E-state index contributed by atoms with van der Waals surface area (Å²) >= 11 is 0. The van der Waals surface area contributed by atoms with Gasteiger partial charge in [-0.25, -0.2) is 40.3 Å². The summed E-state index contributed by atoms with van der Waals surface area (Å²) in [6, 6.07) is 3.74. The van der Waals surface area contributed by atoms with Gasteiger partial charge in [0.1, 0.15) is 33.4 Å². The van der Waals surface area contributed by atoms with Crippen molar-refractivity contribution in [3.8, 4) is 0 Å². The van der Waals surface area contributed by atoms with Gasteiger partial charge in [-0.05, 0) is 70.5 Å². The third kappa shape index (κ3) is 6.97. The predicted octanol–water partition coefficient (Wildman–Crippen LogP) is 6.80. The van der Waals surface area contributed by atoms with Crippen molar-refractivity contribution in [1.29, 1.82) is 0 Å². The number of rotatable bonds is 2. The number of nitrogens with one attached hydrogen (secondary N) is 1. The first kappa shape index (κ1) is 34.7. The number of nitrogens with zero attached hydrogens (tertiary/aromatic N) is 4. The average Bonchev–Trinajstić information content (AvgIpc) is 3.05. The van der Waals surface area contributed by atoms with Crippen molar-refractivity contribution in [1.82, 2.24) is 19.4 Å². The monoisotopic (exact) mass is 695 g/mol. The number of aromatic nitrogens is 3. The van der Waals surface area contributed by atoms with E-state index in [-0.39, 0.29) is 60.9 Å². The van der Waals surface area contributed by atoms with Crippen LogP contribution >= 0.6 is 0 Å². The molecule has 2 fully saturated rings. The topological polar surface area (TPSA) is 97.2 Å². The fourth-order valence-electron chi connectivity index (χ4n) is 7.70. The third-order valence-corrected chi connectivity index (χ3v) is 12.3. The molecule has 14 heteroatoms. The van der Waals surface area contributed by atoms with E-state index in [0.717, 1.165) is 6.07 Å². The molecular formula is C34H42F5N5O3S. The van der Waals surface area contributed by atoms with Crippen molar-refractivity contribution >= 4 is 26.7 Å². The zero-order chi connectivity index (χ0) is 34.2. The Morgan fingerprint density at radius 1 is 0.938 bits per heavy atom. The van der Waals surface area contributed by atoms with Crippen LogP contribution in [0.5, 0.6) is 0 Å². The van der Waals surface area contributed by atoms with Gasteiger partial charge in [0.25, 0.3) is 17.9 Å². The number of fused-ring (bicyclic) bond motifs is 9. The van der Waals surface area contributed by atoms with E-state index >= 15 is 13.2 Å². The van der Waals surface area contributed by atoms with Crippen molar-refractivity contribution in [3.63, 3.8) is 0 Å². The molecule has 0 saturated carbocycles. The summed E-state index contributed by atoms with van der Waals surface area (Å²) < 4.78 is 102. The fourth-order valence-corrected chi connectivity index (χ4v) is 9.19. The van der Waals surface area contributed by atoms with E-state index in [9.17, 15) is 22.0 Å². The Morgan fingerprint density at radius 3 is 2.35 bits per heavy atom. The Kier molecular flexibility index (Phi) is 10.1. The van der Waals surface area contributed by atoms with Gasteiger partial charge in [0.15, 0.2) is 0 Å². The molecule has 8 bridgehead atoms. The number of sulfone groups is 1. The summed E-state index contributed by atoms with van der Waals surface area (Å²) in [4.78, 5) is 24.4. The molecule has 1 N–H and O–H groups in total. The van der Waals surface area contributed by atoms with E-state index < -0.39 is 51.6 Å². The standard InChI is InChI=1S/C34H42F5N5O3S/c1-21-24-7-6-8-27(29(24)35)34(38,39)23-10-15-43(16-11-23)28(30(36)37)9-4-2-3-5-14-44-32-26(31(42-21)40-20-41-32)19-25(33(44)45)22-12-17-48(46,47)18-13-22/h6-8,19-23,28,30H,2-5,9-18H2,1H3,(H,40,41,42)/t21-,28?/m1/s1. The van der Waals surface area contributed by atoms with Crippen LogP contribution in [-0.4, -0.2) is 64.9 Å². The first-order chi connectivity index (χ1) is 22.9. The van der Waals surface area contributed by atoms with Crippen LogP contribution in [0, 0.1) is 11.7 Å². The summed E-state index contributed by atoms with van der Waals surface area (Å²) in [5.74, 6) is -5.80. The molecule has 2 saturated heterocycles. The molecule has 262 valence electrons. The summed E-state index contributed by atoms with van der Waals surface area (Å²) in [6.07, 6.45) is 1.86. The fraction of sp³-hybridized carbons (Fsp3) is 0.618. The highest BCUT2D eigenvalue weighted by Gasteiger charge is 2.46. The van der Waals surface area contributed by atoms with E-state index in [1.54, 1.807) is 22.5 Å². The van der Waals surface area contributed by atoms with E-state index in [0.29, 0.717) is 67.5 Å². The van der Waals surface area contributed by atoms with Gasteiger partial charge < -0.3 is 5.32 Å². The second kappa shape index (κ2) is 14.0. The third-order valence-electron chi connectivity index (χ3n) is 10.5. The maximum atomic E-state index is 16.0. The Balaban J connectivity index is 1.41. The van der Waals surface area contributed by atoms with Crippen LogP contribution in [0.2, 0.25) is 0 Å². The molecule has 7 rings (SSSR count). The summed E-state index contributed by atoms with van der Waals surface area (Å²) in [6.45, 7) is 2.11. The van der Waals surface area contributed by atoms with Gasteiger partial charge >= 0.3 is 0 Å². The van der Waals surface area contributed by atoms with Crippen LogP contribution in [-0.2, 0) is 22.3 Å². The van der Waals surface area contributed by atoms with Gasteiger partial charge in [-0.15, -0.1) is 0 Å². The van der Waals surface area contributed by atoms with Crippen molar-refractivity contribution in [3.05, 3.63) is 63.5 Å². The Labute approximate surface area is 277 Å². The molecule has 4 aliphatic rings. The largest absolute Gasteiger partial charge is 0.363 e. The Morgan fingerprint density at radius 2 is 1.65 bits per heavy atom. The number of halogens is 5. The SMILES string of the molecule is C[C@H]1Nc2ncnc3c2cc(C2CCS(=O)(=O)CC2)c(=O)n3CCCCCCC(C(F)F)N2CCC(CC2)C(F)(F)c2cccc1c2F. The van der Waals surface area contributed by atoms with Crippen LogP contribution in [0.25, 0.3) is 11.0 Å². The van der Waals surface area contributed by atoms with Crippen molar-refractivity contribution < 1.29 is 30.4 Å². The number of alkyl halides is 4. The molecule has 3 aromatic rings. The maximum absolute atomic E-state index is 16.0. The number of benzene rings is 1. The molecule has 6 heterocycles. The zero-order valence-electron chi connectivity index (χ0n) is 27.0. The normalized spacial score (nSPS) is 27.1. The van der Waals surface area contributed by atoms with Crippen molar-refractivity contribution in [2.45, 2.75) is 102 Å². The zero-order valence-corrected chi connectivity index (χ0v) is 27.8. The Bertz CT molecular complexity index is 1780. The first-order valence-electron chi connectivity index (χ1n) is 16.9. The summed E-state index contributed by atoms with van der Waals surface area (Å²) in [5, 5.41) is 3.65. The highest BCUT2D eigenvalue weighted by molar-refractivity contribution is 7.91. The van der Waals surface area contributed by atoms with Gasteiger partial charge in [0.05, 0.1) is 34.5 Å². The van der Waals surface area contributed by atoms with Crippen LogP contribution in [0.4, 0.5) is 27.8 Å². The smallest absolute Gasteiger partial charge is 0.278 e. The summed E-state index contributed by atoms with van der Waals surface area (Å²) in [7, 11) is -3.18. The van der Waals surface area contributed by atoms with Gasteiger partial charge in [-0.2, -0.15) is 0 Å². The Hall–Kier alpha value is -3.13. The second-order valence-corrected chi connectivity index (χ2v) is 15.9. The molecular weight excluding hydrogens is 653 g/mol. The minimum absolute atomic E-state index is 0.00561. The first-order valence-corrected chi connectivity index (χ1v) is 18.7. The number of hydrogen-bond donors (Lipinski definition) is 1. The van der Waals surface area contributed by atoms with E-state index in [1.807, 2.05) is 0 Å². The van der Waals surface area contributed by atoms with Gasteiger partial charge in [0, 0.05) is 23.6 Å². The molecule has 0 amide bonds. The minimum Gasteiger partial charge on any atom is -0.363 e. The van der Waals surface area contributed by atoms with Gasteiger partial charge in [-0.3, -0.25) is 14.3 Å². The molecule has 48 heavy (non-hydrogen) atoms. The average molecular weight is 696 g/mol. The quantitative estimate of drug-likeness (QED) is 0.295. The van der Waals surface area contributed by atoms with Gasteiger partial charge in [0.2, 0.25) is 0 Å². The molecule has 2 aromatic heterocycles. The van der Waals surface area contributed by atoms with E-state index in [2.05, 4.69) is 15.3 Å². The molecule has 0 radical (unpaired) electrons. The van der Waals surface area contributed by atoms with Gasteiger partial charge in [-0.1, -0.05) is 37.5 Å². The lowest BCUT2D eigenvalue weighted by atomic mass is 9.84. The maximum Gasteiger partial charge on any atom is 0.278 e. The lowest BCUT2D eigenvalue weighted by Gasteiger charge is -2.39. The van der Waals surface area contributed by atoms with Crippen molar-refractivity contribution in [2.24, 2.45) is 5.92 Å². The molecule has 2 atom stereocenters. The summed E-state index contributed by atoms with van der Waals surface area (Å²) in [5.41, 5.74) is -0.209. The molecule has 1 unspecified atom stereocenters. The van der Waals surface area contributed by atoms with E-state index in [1.165, 1.54) is 18.5 Å². The number of anilines is 1. The number of hydrogen-bond acceptors (Lipinski definition) is 7. The van der Waals surface area contributed by atoms with Crippen LogP contribution in [0.15, 0.2) is 35.4 Å². The highest BCUT2D eigenvalue weighted by Crippen LogP contribution is 2.44. The molecule has 8 nitrogen and oxygen atoms in total. The molecule has 0 spiro atoms. The van der Waals surface area contributed by atoms with Crippen molar-refractivity contribution in [2.75, 3.05) is 29.9 Å². The van der Waals surface area contributed by atoms with E-state index in [4.69, 9.17) is 0 Å². The van der Waals surface area contributed by atoms with Crippen LogP contribution < -0.4 is 10.9 Å².